The minimum absolute atomic E-state index is 0.303. The molecule has 0 saturated heterocycles. The Morgan fingerprint density at radius 2 is 1.89 bits per heavy atom. The molecule has 7 heteroatoms. The van der Waals surface area contributed by atoms with Gasteiger partial charge < -0.3 is 5.11 Å². The van der Waals surface area contributed by atoms with E-state index < -0.39 is 15.1 Å². The number of nitrogens with zero attached hydrogens (tertiary/aromatic N) is 3. The lowest BCUT2D eigenvalue weighted by Gasteiger charge is -2.13. The molecule has 0 bridgehead atoms. The fraction of sp³-hybridized carbons (Fsp3) is 0.333. The van der Waals surface area contributed by atoms with E-state index in [1.165, 1.54) is 0 Å². The first-order valence-corrected chi connectivity index (χ1v) is 7.70. The van der Waals surface area contributed by atoms with Gasteiger partial charge in [-0.2, -0.15) is 0 Å². The van der Waals surface area contributed by atoms with Crippen molar-refractivity contribution in [2.45, 2.75) is 18.8 Å². The second-order valence-electron chi connectivity index (χ2n) is 4.28. The van der Waals surface area contributed by atoms with Crippen LogP contribution in [0.25, 0.3) is 5.69 Å². The van der Waals surface area contributed by atoms with Crippen LogP contribution in [0.1, 0.15) is 23.8 Å². The van der Waals surface area contributed by atoms with Crippen LogP contribution < -0.4 is 0 Å². The zero-order valence-corrected chi connectivity index (χ0v) is 11.5. The molecule has 0 fully saturated rings. The monoisotopic (exact) mass is 281 g/mol. The summed E-state index contributed by atoms with van der Waals surface area (Å²) >= 11 is 0. The third-order valence-electron chi connectivity index (χ3n) is 2.92. The molecule has 0 saturated carbocycles. The van der Waals surface area contributed by atoms with Gasteiger partial charge >= 0.3 is 0 Å². The fourth-order valence-corrected chi connectivity index (χ4v) is 2.28. The van der Waals surface area contributed by atoms with Gasteiger partial charge in [-0.3, -0.25) is 4.57 Å². The predicted molar refractivity (Wildman–Crippen MR) is 70.5 cm³/mol. The summed E-state index contributed by atoms with van der Waals surface area (Å²) in [5.41, 5.74) is 0.724. The highest BCUT2D eigenvalue weighted by atomic mass is 32.2. The summed E-state index contributed by atoms with van der Waals surface area (Å²) in [6.07, 6.45) is 1.15. The van der Waals surface area contributed by atoms with Crippen LogP contribution in [0.4, 0.5) is 0 Å². The standard InChI is InChI=1S/C12H15N3O3S/c1-9(19(2,17)18)12-14-13-11(8-16)15(12)10-6-4-3-5-7-10/h3-7,9,16H,8H2,1-2H3. The maximum Gasteiger partial charge on any atom is 0.163 e. The molecular weight excluding hydrogens is 266 g/mol. The number of hydrogen-bond donors (Lipinski definition) is 1. The molecule has 0 amide bonds. The van der Waals surface area contributed by atoms with Crippen molar-refractivity contribution in [2.75, 3.05) is 6.26 Å². The third-order valence-corrected chi connectivity index (χ3v) is 4.41. The van der Waals surface area contributed by atoms with Crippen molar-refractivity contribution in [3.63, 3.8) is 0 Å². The molecule has 1 N–H and O–H groups in total. The van der Waals surface area contributed by atoms with E-state index >= 15 is 0 Å². The minimum Gasteiger partial charge on any atom is -0.388 e. The maximum atomic E-state index is 11.7. The van der Waals surface area contributed by atoms with Crippen LogP contribution in [0, 0.1) is 0 Å². The van der Waals surface area contributed by atoms with Gasteiger partial charge in [0.25, 0.3) is 0 Å². The lowest BCUT2D eigenvalue weighted by Crippen LogP contribution is -2.14. The maximum absolute atomic E-state index is 11.7. The zero-order chi connectivity index (χ0) is 14.0. The number of aromatic nitrogens is 3. The van der Waals surface area contributed by atoms with Crippen molar-refractivity contribution < 1.29 is 13.5 Å². The molecule has 1 atom stereocenters. The minimum atomic E-state index is -3.29. The molecule has 0 aliphatic heterocycles. The van der Waals surface area contributed by atoms with Gasteiger partial charge in [0.2, 0.25) is 0 Å². The Bertz CT molecular complexity index is 665. The first kappa shape index (κ1) is 13.7. The van der Waals surface area contributed by atoms with Crippen LogP contribution in [-0.2, 0) is 16.4 Å². The van der Waals surface area contributed by atoms with Crippen LogP contribution >= 0.6 is 0 Å². The zero-order valence-electron chi connectivity index (χ0n) is 10.7. The van der Waals surface area contributed by atoms with Gasteiger partial charge in [-0.25, -0.2) is 8.42 Å². The van der Waals surface area contributed by atoms with E-state index in [1.807, 2.05) is 18.2 Å². The highest BCUT2D eigenvalue weighted by Gasteiger charge is 2.25. The summed E-state index contributed by atoms with van der Waals surface area (Å²) in [6, 6.07) is 9.12. The van der Waals surface area contributed by atoms with Crippen LogP contribution in [0.15, 0.2) is 30.3 Å². The predicted octanol–water partition coefficient (Wildman–Crippen LogP) is 0.865. The largest absolute Gasteiger partial charge is 0.388 e. The molecule has 6 nitrogen and oxygen atoms in total. The Morgan fingerprint density at radius 3 is 2.42 bits per heavy atom. The Hall–Kier alpha value is -1.73. The summed E-state index contributed by atoms with van der Waals surface area (Å²) in [7, 11) is -3.29. The Labute approximate surface area is 111 Å². The molecule has 2 rings (SSSR count). The normalized spacial score (nSPS) is 13.4. The number of hydrogen-bond acceptors (Lipinski definition) is 5. The number of benzene rings is 1. The van der Waals surface area contributed by atoms with Crippen LogP contribution in [0.5, 0.6) is 0 Å². The molecule has 0 aliphatic carbocycles. The van der Waals surface area contributed by atoms with Gasteiger partial charge in [0.1, 0.15) is 11.9 Å². The summed E-state index contributed by atoms with van der Waals surface area (Å²) < 4.78 is 24.9. The lowest BCUT2D eigenvalue weighted by molar-refractivity contribution is 0.268. The quantitative estimate of drug-likeness (QED) is 0.898. The van der Waals surface area contributed by atoms with Gasteiger partial charge in [-0.1, -0.05) is 18.2 Å². The van der Waals surface area contributed by atoms with E-state index in [0.29, 0.717) is 11.6 Å². The molecule has 1 heterocycles. The van der Waals surface area contributed by atoms with Crippen molar-refractivity contribution in [3.8, 4) is 5.69 Å². The molecule has 0 radical (unpaired) electrons. The van der Waals surface area contributed by atoms with Crippen LogP contribution in [0.3, 0.4) is 0 Å². The summed E-state index contributed by atoms with van der Waals surface area (Å²) in [5, 5.41) is 16.3. The van der Waals surface area contributed by atoms with E-state index in [2.05, 4.69) is 10.2 Å². The molecule has 1 aromatic carbocycles. The highest BCUT2D eigenvalue weighted by Crippen LogP contribution is 2.23. The van der Waals surface area contributed by atoms with Crippen LogP contribution in [-0.4, -0.2) is 34.5 Å². The molecule has 19 heavy (non-hydrogen) atoms. The van der Waals surface area contributed by atoms with E-state index in [-0.39, 0.29) is 6.61 Å². The number of aliphatic hydroxyl groups is 1. The Balaban J connectivity index is 2.62. The highest BCUT2D eigenvalue weighted by molar-refractivity contribution is 7.90. The van der Waals surface area contributed by atoms with E-state index in [9.17, 15) is 13.5 Å². The first-order valence-electron chi connectivity index (χ1n) is 5.74. The Kier molecular flexibility index (Phi) is 3.68. The van der Waals surface area contributed by atoms with Crippen molar-refractivity contribution in [1.82, 2.24) is 14.8 Å². The van der Waals surface area contributed by atoms with Crippen molar-refractivity contribution in [2.24, 2.45) is 0 Å². The second-order valence-corrected chi connectivity index (χ2v) is 6.64. The molecule has 1 aromatic heterocycles. The van der Waals surface area contributed by atoms with Gasteiger partial charge in [0, 0.05) is 11.9 Å². The van der Waals surface area contributed by atoms with Gasteiger partial charge in [-0.15, -0.1) is 10.2 Å². The van der Waals surface area contributed by atoms with Crippen molar-refractivity contribution in [3.05, 3.63) is 42.0 Å². The van der Waals surface area contributed by atoms with Gasteiger partial charge in [0.15, 0.2) is 21.5 Å². The molecular formula is C12H15N3O3S. The average molecular weight is 281 g/mol. The van der Waals surface area contributed by atoms with Gasteiger partial charge in [0.05, 0.1) is 0 Å². The summed E-state index contributed by atoms with van der Waals surface area (Å²) in [6.45, 7) is 1.25. The van der Waals surface area contributed by atoms with Crippen LogP contribution in [0.2, 0.25) is 0 Å². The summed E-state index contributed by atoms with van der Waals surface area (Å²) in [4.78, 5) is 0. The number of aliphatic hydroxyl groups excluding tert-OH is 1. The number of rotatable bonds is 4. The molecule has 1 unspecified atom stereocenters. The molecule has 2 aromatic rings. The Morgan fingerprint density at radius 1 is 1.26 bits per heavy atom. The average Bonchev–Trinajstić information content (AvgIpc) is 2.81. The number of sulfone groups is 1. The molecule has 102 valence electrons. The topological polar surface area (TPSA) is 85.1 Å². The molecule has 0 aliphatic rings. The van der Waals surface area contributed by atoms with E-state index in [4.69, 9.17) is 0 Å². The molecule has 0 spiro atoms. The van der Waals surface area contributed by atoms with Crippen molar-refractivity contribution in [1.29, 1.82) is 0 Å². The fourth-order valence-electron chi connectivity index (χ4n) is 1.75. The van der Waals surface area contributed by atoms with E-state index in [0.717, 1.165) is 11.9 Å². The van der Waals surface area contributed by atoms with Gasteiger partial charge in [-0.05, 0) is 19.1 Å². The van der Waals surface area contributed by atoms with Crippen molar-refractivity contribution >= 4 is 9.84 Å². The lowest BCUT2D eigenvalue weighted by atomic mass is 10.3. The second kappa shape index (κ2) is 5.10. The summed E-state index contributed by atoms with van der Waals surface area (Å²) in [5.74, 6) is 0.620. The van der Waals surface area contributed by atoms with E-state index in [1.54, 1.807) is 23.6 Å². The first-order chi connectivity index (χ1) is 8.95. The third kappa shape index (κ3) is 2.66. The number of para-hydroxylation sites is 1. The SMILES string of the molecule is CC(c1nnc(CO)n1-c1ccccc1)S(C)(=O)=O. The smallest absolute Gasteiger partial charge is 0.163 e.